The molecule has 4 atom stereocenters. The molecule has 5 nitrogen and oxygen atoms in total. The van der Waals surface area contributed by atoms with Crippen LogP contribution in [0.3, 0.4) is 0 Å². The first-order valence-corrected chi connectivity index (χ1v) is 9.41. The molecule has 3 saturated carbocycles. The summed E-state index contributed by atoms with van der Waals surface area (Å²) >= 11 is 0. The van der Waals surface area contributed by atoms with Crippen LogP contribution in [0.2, 0.25) is 0 Å². The van der Waals surface area contributed by atoms with Crippen LogP contribution < -0.4 is 4.74 Å². The number of hydrogen-bond acceptors (Lipinski definition) is 5. The number of phenols is 1. The smallest absolute Gasteiger partial charge is 0.174 e. The van der Waals surface area contributed by atoms with Crippen molar-refractivity contribution in [3.63, 3.8) is 0 Å². The summed E-state index contributed by atoms with van der Waals surface area (Å²) in [6.45, 7) is 1.01. The van der Waals surface area contributed by atoms with Gasteiger partial charge in [0.25, 0.3) is 0 Å². The summed E-state index contributed by atoms with van der Waals surface area (Å²) < 4.78 is 5.99. The first kappa shape index (κ1) is 14.6. The Kier molecular flexibility index (Phi) is 2.36. The van der Waals surface area contributed by atoms with Crippen molar-refractivity contribution < 1.29 is 19.7 Å². The quantitative estimate of drug-likeness (QED) is 0.872. The Morgan fingerprint density at radius 2 is 2.16 bits per heavy atom. The van der Waals surface area contributed by atoms with E-state index in [2.05, 4.69) is 11.9 Å². The van der Waals surface area contributed by atoms with Crippen molar-refractivity contribution in [1.82, 2.24) is 4.90 Å². The van der Waals surface area contributed by atoms with Crippen molar-refractivity contribution in [2.45, 2.75) is 61.2 Å². The molecule has 25 heavy (non-hydrogen) atoms. The van der Waals surface area contributed by atoms with Gasteiger partial charge in [0.1, 0.15) is 0 Å². The van der Waals surface area contributed by atoms with Crippen LogP contribution in [0.15, 0.2) is 12.1 Å². The van der Waals surface area contributed by atoms with Crippen molar-refractivity contribution >= 4 is 5.78 Å². The fourth-order valence-electron chi connectivity index (χ4n) is 6.59. The monoisotopic (exact) mass is 341 g/mol. The molecule has 1 spiro atoms. The summed E-state index contributed by atoms with van der Waals surface area (Å²) in [4.78, 5) is 15.0. The Balaban J connectivity index is 1.57. The minimum absolute atomic E-state index is 0.0616. The molecule has 5 heteroatoms. The number of nitrogens with zero attached hydrogens (tertiary/aromatic N) is 1. The molecule has 3 fully saturated rings. The Labute approximate surface area is 146 Å². The highest BCUT2D eigenvalue weighted by molar-refractivity contribution is 5.91. The van der Waals surface area contributed by atoms with E-state index in [4.69, 9.17) is 4.74 Å². The van der Waals surface area contributed by atoms with Gasteiger partial charge in [-0.3, -0.25) is 9.69 Å². The average Bonchev–Trinajstić information content (AvgIpc) is 3.32. The third-order valence-electron chi connectivity index (χ3n) is 7.90. The number of Topliss-reactive ketones (excluding diaryl/α,β-unsaturated/α-hetero) is 1. The molecule has 1 aromatic rings. The topological polar surface area (TPSA) is 70.0 Å². The molecule has 2 bridgehead atoms. The lowest BCUT2D eigenvalue weighted by atomic mass is 9.34. The van der Waals surface area contributed by atoms with E-state index in [0.717, 1.165) is 36.4 Å². The fourth-order valence-corrected chi connectivity index (χ4v) is 6.59. The molecule has 1 unspecified atom stereocenters. The van der Waals surface area contributed by atoms with Crippen LogP contribution in [0.25, 0.3) is 0 Å². The Hall–Kier alpha value is -1.59. The number of carbonyl (C=O) groups is 1. The maximum absolute atomic E-state index is 12.6. The summed E-state index contributed by atoms with van der Waals surface area (Å²) in [5.74, 6) is 1.33. The molecule has 6 rings (SSSR count). The first-order chi connectivity index (χ1) is 11.9. The Bertz CT molecular complexity index is 833. The van der Waals surface area contributed by atoms with Gasteiger partial charge in [0.2, 0.25) is 0 Å². The molecule has 0 saturated heterocycles. The number of likely N-dealkylation sites (N-methyl/N-ethyl adjacent to an activating group) is 1. The minimum Gasteiger partial charge on any atom is -0.504 e. The van der Waals surface area contributed by atoms with Gasteiger partial charge in [-0.15, -0.1) is 0 Å². The summed E-state index contributed by atoms with van der Waals surface area (Å²) in [5.41, 5.74) is 0.109. The van der Waals surface area contributed by atoms with Crippen LogP contribution in [0.1, 0.15) is 43.2 Å². The highest BCUT2D eigenvalue weighted by Gasteiger charge is 2.84. The molecule has 1 aromatic carbocycles. The van der Waals surface area contributed by atoms with Crippen LogP contribution in [0.4, 0.5) is 0 Å². The molecule has 1 aliphatic heterocycles. The van der Waals surface area contributed by atoms with Gasteiger partial charge in [-0.05, 0) is 56.7 Å². The fraction of sp³-hybridized carbons (Fsp3) is 0.650. The van der Waals surface area contributed by atoms with Gasteiger partial charge in [0, 0.05) is 18.5 Å². The van der Waals surface area contributed by atoms with Crippen molar-refractivity contribution in [2.24, 2.45) is 5.92 Å². The van der Waals surface area contributed by atoms with Gasteiger partial charge >= 0.3 is 0 Å². The summed E-state index contributed by atoms with van der Waals surface area (Å²) in [7, 11) is 2.14. The second kappa shape index (κ2) is 4.04. The highest BCUT2D eigenvalue weighted by atomic mass is 16.5. The predicted molar refractivity (Wildman–Crippen MR) is 89.8 cm³/mol. The molecule has 2 N–H and O–H groups in total. The van der Waals surface area contributed by atoms with Gasteiger partial charge in [-0.25, -0.2) is 0 Å². The SMILES string of the molecule is CN(CC1CC1)C12Cc3ccc(O)c4c3[C@]3(C1)[C@H](O4)C(=O)CC[C@]23O. The van der Waals surface area contributed by atoms with E-state index in [0.29, 0.717) is 18.6 Å². The van der Waals surface area contributed by atoms with Crippen molar-refractivity contribution in [3.8, 4) is 11.5 Å². The zero-order valence-corrected chi connectivity index (χ0v) is 14.4. The van der Waals surface area contributed by atoms with Crippen molar-refractivity contribution in [2.75, 3.05) is 13.6 Å². The number of rotatable bonds is 3. The van der Waals surface area contributed by atoms with Gasteiger partial charge in [-0.1, -0.05) is 6.07 Å². The number of aromatic hydroxyl groups is 1. The molecule has 1 heterocycles. The summed E-state index contributed by atoms with van der Waals surface area (Å²) in [5, 5.41) is 22.2. The van der Waals surface area contributed by atoms with Crippen molar-refractivity contribution in [3.05, 3.63) is 23.3 Å². The Morgan fingerprint density at radius 1 is 1.36 bits per heavy atom. The van der Waals surface area contributed by atoms with E-state index in [1.54, 1.807) is 6.07 Å². The number of ketones is 1. The van der Waals surface area contributed by atoms with Crippen LogP contribution in [0, 0.1) is 5.92 Å². The summed E-state index contributed by atoms with van der Waals surface area (Å²) in [6, 6.07) is 3.63. The molecule has 5 aliphatic rings. The maximum atomic E-state index is 12.6. The van der Waals surface area contributed by atoms with Gasteiger partial charge < -0.3 is 14.9 Å². The molecular formula is C20H23NO4. The van der Waals surface area contributed by atoms with Gasteiger partial charge in [-0.2, -0.15) is 0 Å². The molecule has 0 amide bonds. The number of ether oxygens (including phenoxy) is 1. The predicted octanol–water partition coefficient (Wildman–Crippen LogP) is 1.53. The molecular weight excluding hydrogens is 318 g/mol. The van der Waals surface area contributed by atoms with Gasteiger partial charge in [0.05, 0.1) is 16.6 Å². The number of fused-ring (bicyclic) bond motifs is 2. The molecule has 0 aromatic heterocycles. The van der Waals surface area contributed by atoms with Gasteiger partial charge in [0.15, 0.2) is 23.4 Å². The van der Waals surface area contributed by atoms with E-state index in [9.17, 15) is 15.0 Å². The van der Waals surface area contributed by atoms with Crippen LogP contribution in [0.5, 0.6) is 11.5 Å². The lowest BCUT2D eigenvalue weighted by Gasteiger charge is -2.75. The van der Waals surface area contributed by atoms with E-state index < -0.39 is 17.1 Å². The zero-order chi connectivity index (χ0) is 17.2. The molecule has 132 valence electrons. The lowest BCUT2D eigenvalue weighted by Crippen LogP contribution is -2.89. The first-order valence-electron chi connectivity index (χ1n) is 9.41. The maximum Gasteiger partial charge on any atom is 0.174 e. The highest BCUT2D eigenvalue weighted by Crippen LogP contribution is 2.74. The van der Waals surface area contributed by atoms with Crippen LogP contribution in [-0.4, -0.2) is 51.7 Å². The van der Waals surface area contributed by atoms with Crippen molar-refractivity contribution in [1.29, 1.82) is 0 Å². The largest absolute Gasteiger partial charge is 0.504 e. The number of hydrogen-bond donors (Lipinski definition) is 2. The average molecular weight is 341 g/mol. The van der Waals surface area contributed by atoms with Crippen LogP contribution in [-0.2, 0) is 16.6 Å². The number of carbonyl (C=O) groups excluding carboxylic acids is 1. The third-order valence-corrected chi connectivity index (χ3v) is 7.90. The molecule has 0 radical (unpaired) electrons. The molecule has 4 aliphatic carbocycles. The Morgan fingerprint density at radius 3 is 2.92 bits per heavy atom. The van der Waals surface area contributed by atoms with Crippen LogP contribution >= 0.6 is 0 Å². The van der Waals surface area contributed by atoms with E-state index in [-0.39, 0.29) is 17.1 Å². The minimum atomic E-state index is -0.950. The number of phenolic OH excluding ortho intramolecular Hbond substituents is 1. The summed E-state index contributed by atoms with van der Waals surface area (Å²) in [6.07, 6.45) is 4.28. The normalized spacial score (nSPS) is 42.8. The second-order valence-electron chi connectivity index (χ2n) is 8.95. The van der Waals surface area contributed by atoms with E-state index >= 15 is 0 Å². The second-order valence-corrected chi connectivity index (χ2v) is 8.95. The number of benzene rings is 1. The zero-order valence-electron chi connectivity index (χ0n) is 14.4. The lowest BCUT2D eigenvalue weighted by molar-refractivity contribution is -0.273. The van der Waals surface area contributed by atoms with E-state index in [1.807, 2.05) is 6.07 Å². The third kappa shape index (κ3) is 1.34. The number of aliphatic hydroxyl groups is 1. The standard InChI is InChI=1S/C20H23NO4/c1-21(9-11-2-3-11)18-8-12-4-5-13(22)16-15(12)19(10-18)17(25-16)14(23)6-7-20(18,19)24/h4-5,11,17,22,24H,2-3,6-10H2,1H3/t17-,18?,19-,20+/m1/s1. The van der Waals surface area contributed by atoms with E-state index in [1.165, 1.54) is 12.8 Å².